The maximum Gasteiger partial charge on any atom is 0.326 e. The molecule has 0 aliphatic heterocycles. The van der Waals surface area contributed by atoms with Gasteiger partial charge in [-0.1, -0.05) is 6.07 Å². The first-order chi connectivity index (χ1) is 10.4. The molecule has 8 heteroatoms. The fourth-order valence-corrected chi connectivity index (χ4v) is 1.88. The molecule has 0 spiro atoms. The van der Waals surface area contributed by atoms with E-state index in [1.165, 1.54) is 10.6 Å². The van der Waals surface area contributed by atoms with E-state index in [0.29, 0.717) is 19.4 Å². The third kappa shape index (κ3) is 6.21. The summed E-state index contributed by atoms with van der Waals surface area (Å²) in [6.07, 6.45) is 2.43. The molecule has 120 valence electrons. The zero-order valence-electron chi connectivity index (χ0n) is 12.0. The number of nitrogens with zero attached hydrogens (tertiary/aromatic N) is 1. The highest BCUT2D eigenvalue weighted by Gasteiger charge is 2.21. The molecule has 1 rings (SSSR count). The highest BCUT2D eigenvalue weighted by atomic mass is 16.4. The van der Waals surface area contributed by atoms with E-state index in [1.54, 1.807) is 18.3 Å². The monoisotopic (exact) mass is 309 g/mol. The van der Waals surface area contributed by atoms with Crippen LogP contribution in [0.25, 0.3) is 0 Å². The summed E-state index contributed by atoms with van der Waals surface area (Å²) in [5.41, 5.74) is 4.81. The topological polar surface area (TPSA) is 131 Å². The first-order valence-corrected chi connectivity index (χ1v) is 6.86. The van der Waals surface area contributed by atoms with Crippen molar-refractivity contribution in [1.29, 1.82) is 0 Å². The number of nitrogens with two attached hydrogens (primary N) is 1. The summed E-state index contributed by atoms with van der Waals surface area (Å²) < 4.78 is 1.53. The number of unbranched alkanes of at least 4 members (excludes halogenated alkanes) is 1. The van der Waals surface area contributed by atoms with Gasteiger partial charge in [-0.05, 0) is 18.9 Å². The number of hydrogen-bond acceptors (Lipinski definition) is 4. The van der Waals surface area contributed by atoms with Crippen molar-refractivity contribution in [1.82, 2.24) is 9.88 Å². The van der Waals surface area contributed by atoms with Gasteiger partial charge in [0.1, 0.15) is 6.04 Å². The molecule has 0 fully saturated rings. The Morgan fingerprint density at radius 1 is 1.27 bits per heavy atom. The maximum atomic E-state index is 11.6. The minimum absolute atomic E-state index is 0.112. The maximum absolute atomic E-state index is 11.6. The Morgan fingerprint density at radius 2 is 2.00 bits per heavy atom. The summed E-state index contributed by atoms with van der Waals surface area (Å²) in [7, 11) is 0. The van der Waals surface area contributed by atoms with Crippen LogP contribution in [0.5, 0.6) is 0 Å². The van der Waals surface area contributed by atoms with E-state index >= 15 is 0 Å². The number of hydrogen-bond donors (Lipinski definition) is 3. The van der Waals surface area contributed by atoms with Crippen molar-refractivity contribution in [2.45, 2.75) is 38.3 Å². The summed E-state index contributed by atoms with van der Waals surface area (Å²) in [4.78, 5) is 44.7. The number of aromatic nitrogens is 1. The standard InChI is InChI=1S/C14H19N3O5/c15-11(18)9-10(14(21)22)16-12(19)5-1-3-7-17-8-4-2-6-13(17)20/h2,4,6,8,10H,1,3,5,7,9H2,(H2,15,18)(H,16,19)(H,21,22). The number of carbonyl (C=O) groups is 3. The average molecular weight is 309 g/mol. The molecule has 22 heavy (non-hydrogen) atoms. The summed E-state index contributed by atoms with van der Waals surface area (Å²) in [6, 6.07) is 3.54. The van der Waals surface area contributed by atoms with Crippen LogP contribution in [0.2, 0.25) is 0 Å². The first-order valence-electron chi connectivity index (χ1n) is 6.86. The van der Waals surface area contributed by atoms with Crippen LogP contribution >= 0.6 is 0 Å². The molecule has 1 unspecified atom stereocenters. The Labute approximate surface area is 126 Å². The minimum Gasteiger partial charge on any atom is -0.480 e. The van der Waals surface area contributed by atoms with E-state index in [4.69, 9.17) is 10.8 Å². The smallest absolute Gasteiger partial charge is 0.326 e. The van der Waals surface area contributed by atoms with Gasteiger partial charge in [0.2, 0.25) is 17.4 Å². The second-order valence-corrected chi connectivity index (χ2v) is 4.82. The molecular weight excluding hydrogens is 290 g/mol. The van der Waals surface area contributed by atoms with Gasteiger partial charge < -0.3 is 20.7 Å². The molecule has 8 nitrogen and oxygen atoms in total. The molecular formula is C14H19N3O5. The predicted molar refractivity (Wildman–Crippen MR) is 77.9 cm³/mol. The van der Waals surface area contributed by atoms with Crippen molar-refractivity contribution in [3.63, 3.8) is 0 Å². The van der Waals surface area contributed by atoms with E-state index in [1.807, 2.05) is 0 Å². The van der Waals surface area contributed by atoms with Gasteiger partial charge in [0, 0.05) is 25.2 Å². The SMILES string of the molecule is NC(=O)CC(NC(=O)CCCCn1ccccc1=O)C(=O)O. The molecule has 1 aromatic heterocycles. The number of primary amides is 1. The molecule has 0 saturated carbocycles. The van der Waals surface area contributed by atoms with Crippen LogP contribution in [-0.2, 0) is 20.9 Å². The number of nitrogens with one attached hydrogen (secondary N) is 1. The largest absolute Gasteiger partial charge is 0.480 e. The van der Waals surface area contributed by atoms with Gasteiger partial charge in [-0.3, -0.25) is 14.4 Å². The van der Waals surface area contributed by atoms with E-state index in [0.717, 1.165) is 0 Å². The van der Waals surface area contributed by atoms with Crippen molar-refractivity contribution >= 4 is 17.8 Å². The van der Waals surface area contributed by atoms with Crippen molar-refractivity contribution in [2.75, 3.05) is 0 Å². The number of aliphatic carboxylic acids is 1. The number of carboxylic acids is 1. The van der Waals surface area contributed by atoms with Gasteiger partial charge in [0.05, 0.1) is 6.42 Å². The predicted octanol–water partition coefficient (Wildman–Crippen LogP) is -0.537. The number of amides is 2. The van der Waals surface area contributed by atoms with Gasteiger partial charge in [-0.2, -0.15) is 0 Å². The third-order valence-corrected chi connectivity index (χ3v) is 2.99. The number of pyridine rings is 1. The molecule has 0 aliphatic carbocycles. The minimum atomic E-state index is -1.30. The van der Waals surface area contributed by atoms with Crippen LogP contribution in [-0.4, -0.2) is 33.5 Å². The lowest BCUT2D eigenvalue weighted by Gasteiger charge is -2.12. The summed E-state index contributed by atoms with van der Waals surface area (Å²) in [5, 5.41) is 11.1. The molecule has 1 atom stereocenters. The van der Waals surface area contributed by atoms with Crippen LogP contribution in [0.1, 0.15) is 25.7 Å². The van der Waals surface area contributed by atoms with Crippen LogP contribution in [0.4, 0.5) is 0 Å². The first kappa shape index (κ1) is 17.4. The zero-order chi connectivity index (χ0) is 16.5. The zero-order valence-corrected chi connectivity index (χ0v) is 12.0. The van der Waals surface area contributed by atoms with Crippen LogP contribution in [0, 0.1) is 0 Å². The van der Waals surface area contributed by atoms with Crippen molar-refractivity contribution in [2.24, 2.45) is 5.73 Å². The lowest BCUT2D eigenvalue weighted by molar-refractivity contribution is -0.143. The van der Waals surface area contributed by atoms with Crippen LogP contribution < -0.4 is 16.6 Å². The molecule has 4 N–H and O–H groups in total. The molecule has 0 aliphatic rings. The van der Waals surface area contributed by atoms with Gasteiger partial charge in [0.15, 0.2) is 0 Å². The van der Waals surface area contributed by atoms with Gasteiger partial charge in [-0.25, -0.2) is 4.79 Å². The Balaban J connectivity index is 2.33. The Bertz CT molecular complexity index is 596. The van der Waals surface area contributed by atoms with Crippen molar-refractivity contribution in [3.05, 3.63) is 34.7 Å². The lowest BCUT2D eigenvalue weighted by Crippen LogP contribution is -2.43. The summed E-state index contributed by atoms with van der Waals surface area (Å²) in [5.74, 6) is -2.56. The van der Waals surface area contributed by atoms with E-state index < -0.39 is 30.2 Å². The fourth-order valence-electron chi connectivity index (χ4n) is 1.88. The van der Waals surface area contributed by atoms with Gasteiger partial charge in [-0.15, -0.1) is 0 Å². The second kappa shape index (κ2) is 8.60. The molecule has 0 saturated heterocycles. The van der Waals surface area contributed by atoms with E-state index in [-0.39, 0.29) is 12.0 Å². The molecule has 1 aromatic rings. The average Bonchev–Trinajstić information content (AvgIpc) is 2.44. The van der Waals surface area contributed by atoms with Crippen LogP contribution in [0.15, 0.2) is 29.2 Å². The van der Waals surface area contributed by atoms with E-state index in [9.17, 15) is 19.2 Å². The summed E-state index contributed by atoms with van der Waals surface area (Å²) >= 11 is 0. The third-order valence-electron chi connectivity index (χ3n) is 2.99. The Morgan fingerprint density at radius 3 is 2.59 bits per heavy atom. The molecule has 0 aromatic carbocycles. The number of aryl methyl sites for hydroxylation is 1. The molecule has 0 radical (unpaired) electrons. The highest BCUT2D eigenvalue weighted by molar-refractivity contribution is 5.88. The second-order valence-electron chi connectivity index (χ2n) is 4.82. The fraction of sp³-hybridized carbons (Fsp3) is 0.429. The van der Waals surface area contributed by atoms with E-state index in [2.05, 4.69) is 5.32 Å². The Hall–Kier alpha value is -2.64. The van der Waals surface area contributed by atoms with Gasteiger partial charge >= 0.3 is 5.97 Å². The van der Waals surface area contributed by atoms with Crippen molar-refractivity contribution < 1.29 is 19.5 Å². The number of carbonyl (C=O) groups excluding carboxylic acids is 2. The highest BCUT2D eigenvalue weighted by Crippen LogP contribution is 2.00. The molecule has 0 bridgehead atoms. The lowest BCUT2D eigenvalue weighted by atomic mass is 10.1. The number of carboxylic acid groups (broad SMARTS) is 1. The van der Waals surface area contributed by atoms with Crippen LogP contribution in [0.3, 0.4) is 0 Å². The molecule has 2 amide bonds. The van der Waals surface area contributed by atoms with Crippen molar-refractivity contribution in [3.8, 4) is 0 Å². The summed E-state index contributed by atoms with van der Waals surface area (Å²) in [6.45, 7) is 0.483. The molecule has 1 heterocycles. The Kier molecular flexibility index (Phi) is 6.81. The van der Waals surface area contributed by atoms with Gasteiger partial charge in [0.25, 0.3) is 0 Å². The normalized spacial score (nSPS) is 11.6. The quantitative estimate of drug-likeness (QED) is 0.527. The number of rotatable bonds is 9.